The third-order valence-electron chi connectivity index (χ3n) is 4.19. The van der Waals surface area contributed by atoms with Crippen molar-refractivity contribution in [2.24, 2.45) is 11.7 Å². The molecule has 1 aliphatic rings. The number of nitrogen functional groups attached to an aromatic ring is 1. The molecule has 1 fully saturated rings. The Kier molecular flexibility index (Phi) is 4.35. The molecule has 0 saturated heterocycles. The van der Waals surface area contributed by atoms with Gasteiger partial charge >= 0.3 is 0 Å². The Hall–Kier alpha value is -1.22. The Balaban J connectivity index is 2.34. The zero-order chi connectivity index (χ0) is 14.0. The fourth-order valence-electron chi connectivity index (χ4n) is 3.08. The van der Waals surface area contributed by atoms with Crippen molar-refractivity contribution in [3.8, 4) is 0 Å². The van der Waals surface area contributed by atoms with Crippen molar-refractivity contribution in [2.75, 3.05) is 11.9 Å². The second-order valence-electron chi connectivity index (χ2n) is 5.52. The van der Waals surface area contributed by atoms with Crippen LogP contribution in [0.5, 0.6) is 0 Å². The molecule has 0 heterocycles. The summed E-state index contributed by atoms with van der Waals surface area (Å²) in [7, 11) is 2.09. The number of nitrogens with two attached hydrogens (primary N) is 1. The predicted octanol–water partition coefficient (Wildman–Crippen LogP) is 3.64. The van der Waals surface area contributed by atoms with E-state index in [-0.39, 0.29) is 5.84 Å². The molecule has 0 spiro atoms. The van der Waals surface area contributed by atoms with E-state index in [0.717, 1.165) is 11.3 Å². The summed E-state index contributed by atoms with van der Waals surface area (Å²) in [6.45, 7) is 2.30. The van der Waals surface area contributed by atoms with Crippen LogP contribution in [0.15, 0.2) is 18.2 Å². The molecule has 0 radical (unpaired) electrons. The zero-order valence-corrected chi connectivity index (χ0v) is 12.4. The van der Waals surface area contributed by atoms with Gasteiger partial charge in [0, 0.05) is 29.4 Å². The Morgan fingerprint density at radius 3 is 2.68 bits per heavy atom. The van der Waals surface area contributed by atoms with Crippen molar-refractivity contribution < 1.29 is 0 Å². The van der Waals surface area contributed by atoms with Gasteiger partial charge in [-0.25, -0.2) is 0 Å². The van der Waals surface area contributed by atoms with Gasteiger partial charge in [-0.05, 0) is 37.0 Å². The highest BCUT2D eigenvalue weighted by Crippen LogP contribution is 2.33. The standard InChI is InChI=1S/C15H22ClN3/c1-10-5-3-4-6-13(10)19(2)14-9-11(16)7-8-12(14)15(17)18/h7-10,13H,3-6H2,1-2H3,(H3,17,18). The molecule has 2 atom stereocenters. The molecule has 1 aliphatic carbocycles. The van der Waals surface area contributed by atoms with Crippen LogP contribution in [-0.4, -0.2) is 18.9 Å². The molecule has 3 N–H and O–H groups in total. The van der Waals surface area contributed by atoms with Crippen molar-refractivity contribution in [3.63, 3.8) is 0 Å². The average molecular weight is 280 g/mol. The van der Waals surface area contributed by atoms with Gasteiger partial charge in [0.15, 0.2) is 0 Å². The first-order valence-corrected chi connectivity index (χ1v) is 7.25. The SMILES string of the molecule is CC1CCCCC1N(C)c1cc(Cl)ccc1C(=N)N. The molecule has 19 heavy (non-hydrogen) atoms. The summed E-state index contributed by atoms with van der Waals surface area (Å²) in [6.07, 6.45) is 5.06. The van der Waals surface area contributed by atoms with Gasteiger partial charge in [-0.2, -0.15) is 0 Å². The maximum atomic E-state index is 7.71. The third kappa shape index (κ3) is 3.03. The van der Waals surface area contributed by atoms with Crippen LogP contribution >= 0.6 is 11.6 Å². The zero-order valence-electron chi connectivity index (χ0n) is 11.6. The monoisotopic (exact) mass is 279 g/mol. The van der Waals surface area contributed by atoms with E-state index in [2.05, 4.69) is 18.9 Å². The number of benzene rings is 1. The van der Waals surface area contributed by atoms with Crippen LogP contribution < -0.4 is 10.6 Å². The molecule has 3 nitrogen and oxygen atoms in total. The normalized spacial score (nSPS) is 23.1. The van der Waals surface area contributed by atoms with Gasteiger partial charge in [-0.3, -0.25) is 5.41 Å². The lowest BCUT2D eigenvalue weighted by molar-refractivity contribution is 0.321. The van der Waals surface area contributed by atoms with Crippen LogP contribution in [-0.2, 0) is 0 Å². The van der Waals surface area contributed by atoms with Crippen molar-refractivity contribution in [3.05, 3.63) is 28.8 Å². The molecule has 104 valence electrons. The number of halogens is 1. The Labute approximate surface area is 120 Å². The molecule has 1 aromatic rings. The van der Waals surface area contributed by atoms with Crippen LogP contribution in [0.3, 0.4) is 0 Å². The summed E-state index contributed by atoms with van der Waals surface area (Å²) in [5.41, 5.74) is 7.42. The quantitative estimate of drug-likeness (QED) is 0.656. The number of hydrogen-bond donors (Lipinski definition) is 2. The summed E-state index contributed by atoms with van der Waals surface area (Å²) in [4.78, 5) is 2.26. The van der Waals surface area contributed by atoms with Gasteiger partial charge in [0.05, 0.1) is 0 Å². The van der Waals surface area contributed by atoms with Crippen LogP contribution in [0.25, 0.3) is 0 Å². The molecule has 1 aromatic carbocycles. The smallest absolute Gasteiger partial charge is 0.124 e. The highest BCUT2D eigenvalue weighted by molar-refractivity contribution is 6.31. The van der Waals surface area contributed by atoms with E-state index < -0.39 is 0 Å². The van der Waals surface area contributed by atoms with E-state index >= 15 is 0 Å². The van der Waals surface area contributed by atoms with E-state index in [4.69, 9.17) is 22.7 Å². The lowest BCUT2D eigenvalue weighted by Crippen LogP contribution is -2.40. The molecule has 0 bridgehead atoms. The number of hydrogen-bond acceptors (Lipinski definition) is 2. The minimum absolute atomic E-state index is 0.0991. The topological polar surface area (TPSA) is 53.1 Å². The van der Waals surface area contributed by atoms with Gasteiger partial charge in [0.2, 0.25) is 0 Å². The highest BCUT2D eigenvalue weighted by Gasteiger charge is 2.26. The first-order valence-electron chi connectivity index (χ1n) is 6.87. The molecule has 0 aliphatic heterocycles. The molecule has 2 rings (SSSR count). The minimum Gasteiger partial charge on any atom is -0.384 e. The predicted molar refractivity (Wildman–Crippen MR) is 82.3 cm³/mol. The molecule has 0 amide bonds. The number of amidine groups is 1. The lowest BCUT2D eigenvalue weighted by Gasteiger charge is -2.38. The van der Waals surface area contributed by atoms with Gasteiger partial charge in [0.25, 0.3) is 0 Å². The van der Waals surface area contributed by atoms with E-state index in [1.165, 1.54) is 25.7 Å². The van der Waals surface area contributed by atoms with Crippen molar-refractivity contribution >= 4 is 23.1 Å². The summed E-state index contributed by atoms with van der Waals surface area (Å²) >= 11 is 6.10. The molecule has 4 heteroatoms. The summed E-state index contributed by atoms with van der Waals surface area (Å²) in [6, 6.07) is 6.05. The maximum absolute atomic E-state index is 7.71. The third-order valence-corrected chi connectivity index (χ3v) is 4.43. The van der Waals surface area contributed by atoms with Crippen molar-refractivity contribution in [1.29, 1.82) is 5.41 Å². The first-order chi connectivity index (χ1) is 9.00. The minimum atomic E-state index is 0.0991. The van der Waals surface area contributed by atoms with E-state index in [1.54, 1.807) is 6.07 Å². The maximum Gasteiger partial charge on any atom is 0.124 e. The summed E-state index contributed by atoms with van der Waals surface area (Å²) < 4.78 is 0. The molecular formula is C15H22ClN3. The first kappa shape index (κ1) is 14.2. The number of nitrogens with zero attached hydrogens (tertiary/aromatic N) is 1. The van der Waals surface area contributed by atoms with Crippen LogP contribution in [0.2, 0.25) is 5.02 Å². The lowest BCUT2D eigenvalue weighted by atomic mass is 9.84. The Morgan fingerprint density at radius 2 is 2.05 bits per heavy atom. The van der Waals surface area contributed by atoms with Gasteiger partial charge in [-0.15, -0.1) is 0 Å². The van der Waals surface area contributed by atoms with E-state index in [0.29, 0.717) is 17.0 Å². The number of nitrogens with one attached hydrogen (secondary N) is 1. The Morgan fingerprint density at radius 1 is 1.37 bits per heavy atom. The van der Waals surface area contributed by atoms with Crippen molar-refractivity contribution in [2.45, 2.75) is 38.6 Å². The molecule has 0 aromatic heterocycles. The van der Waals surface area contributed by atoms with Crippen LogP contribution in [0.1, 0.15) is 38.2 Å². The Bertz CT molecular complexity index is 472. The second-order valence-corrected chi connectivity index (χ2v) is 5.95. The van der Waals surface area contributed by atoms with Crippen LogP contribution in [0, 0.1) is 11.3 Å². The molecule has 2 unspecified atom stereocenters. The summed E-state index contributed by atoms with van der Waals surface area (Å²) in [5, 5.41) is 8.40. The van der Waals surface area contributed by atoms with Crippen LogP contribution in [0.4, 0.5) is 5.69 Å². The molecule has 1 saturated carbocycles. The number of rotatable bonds is 3. The molecular weight excluding hydrogens is 258 g/mol. The van der Waals surface area contributed by atoms with E-state index in [9.17, 15) is 0 Å². The highest BCUT2D eigenvalue weighted by atomic mass is 35.5. The second kappa shape index (κ2) is 5.83. The number of anilines is 1. The summed E-state index contributed by atoms with van der Waals surface area (Å²) in [5.74, 6) is 0.763. The van der Waals surface area contributed by atoms with Gasteiger partial charge in [-0.1, -0.05) is 31.4 Å². The fourth-order valence-corrected chi connectivity index (χ4v) is 3.24. The largest absolute Gasteiger partial charge is 0.384 e. The fraction of sp³-hybridized carbons (Fsp3) is 0.533. The average Bonchev–Trinajstić information content (AvgIpc) is 2.38. The van der Waals surface area contributed by atoms with Gasteiger partial charge in [0.1, 0.15) is 5.84 Å². The van der Waals surface area contributed by atoms with Gasteiger partial charge < -0.3 is 10.6 Å². The van der Waals surface area contributed by atoms with E-state index in [1.807, 2.05) is 12.1 Å². The van der Waals surface area contributed by atoms with Crippen molar-refractivity contribution in [1.82, 2.24) is 0 Å².